The molecule has 1 aromatic heterocycles. The molecule has 1 heterocycles. The van der Waals surface area contributed by atoms with E-state index in [1.807, 2.05) is 18.2 Å². The first-order valence-corrected chi connectivity index (χ1v) is 5.14. The zero-order valence-corrected chi connectivity index (χ0v) is 9.91. The summed E-state index contributed by atoms with van der Waals surface area (Å²) in [6.07, 6.45) is 0. The number of methoxy groups -OCH3 is 1. The molecule has 0 unspecified atom stereocenters. The van der Waals surface area contributed by atoms with Crippen molar-refractivity contribution < 1.29 is 9.15 Å². The maximum atomic E-state index is 5.33. The average Bonchev–Trinajstić information content (AvgIpc) is 2.64. The molecule has 15 heavy (non-hydrogen) atoms. The number of benzene rings is 1. The third-order valence-corrected chi connectivity index (χ3v) is 2.41. The van der Waals surface area contributed by atoms with Gasteiger partial charge in [0.05, 0.1) is 12.7 Å². The number of halogens is 1. The third-order valence-electron chi connectivity index (χ3n) is 1.92. The van der Waals surface area contributed by atoms with Crippen LogP contribution < -0.4 is 4.74 Å². The second-order valence-electron chi connectivity index (χ2n) is 2.97. The zero-order chi connectivity index (χ0) is 10.8. The molecule has 0 amide bonds. The molecule has 0 spiro atoms. The first kappa shape index (κ1) is 10.2. The van der Waals surface area contributed by atoms with E-state index in [-0.39, 0.29) is 0 Å². The van der Waals surface area contributed by atoms with Crippen molar-refractivity contribution >= 4 is 15.9 Å². The van der Waals surface area contributed by atoms with Crippen molar-refractivity contribution in [2.75, 3.05) is 7.11 Å². The normalized spacial score (nSPS) is 10.3. The van der Waals surface area contributed by atoms with Crippen LogP contribution in [0.5, 0.6) is 5.75 Å². The van der Waals surface area contributed by atoms with Gasteiger partial charge in [0, 0.05) is 11.4 Å². The second kappa shape index (κ2) is 4.02. The van der Waals surface area contributed by atoms with Crippen molar-refractivity contribution in [1.82, 2.24) is 10.2 Å². The van der Waals surface area contributed by atoms with E-state index in [1.54, 1.807) is 14.0 Å². The van der Waals surface area contributed by atoms with E-state index in [0.29, 0.717) is 17.5 Å². The molecule has 0 radical (unpaired) electrons. The van der Waals surface area contributed by atoms with Crippen LogP contribution in [-0.4, -0.2) is 17.3 Å². The Balaban J connectivity index is 2.52. The van der Waals surface area contributed by atoms with E-state index >= 15 is 0 Å². The average molecular weight is 269 g/mol. The molecule has 0 fully saturated rings. The van der Waals surface area contributed by atoms with Crippen molar-refractivity contribution in [2.24, 2.45) is 0 Å². The van der Waals surface area contributed by atoms with E-state index in [0.717, 1.165) is 10.0 Å². The summed E-state index contributed by atoms with van der Waals surface area (Å²) >= 11 is 3.37. The maximum Gasteiger partial charge on any atom is 0.251 e. The lowest BCUT2D eigenvalue weighted by molar-refractivity contribution is 0.413. The van der Waals surface area contributed by atoms with Crippen molar-refractivity contribution in [1.29, 1.82) is 0 Å². The van der Waals surface area contributed by atoms with Crippen LogP contribution in [-0.2, 0) is 0 Å². The van der Waals surface area contributed by atoms with Gasteiger partial charge < -0.3 is 9.15 Å². The number of nitrogens with zero attached hydrogens (tertiary/aromatic N) is 2. The van der Waals surface area contributed by atoms with Crippen LogP contribution in [0.2, 0.25) is 0 Å². The number of aromatic nitrogens is 2. The fourth-order valence-electron chi connectivity index (χ4n) is 1.25. The van der Waals surface area contributed by atoms with Gasteiger partial charge >= 0.3 is 0 Å². The standard InChI is InChI=1S/C10H9BrN2O2/c1-6-12-13-10(15-6)8-4-3-7(11)5-9(8)14-2/h3-5H,1-2H3. The van der Waals surface area contributed by atoms with Crippen LogP contribution >= 0.6 is 15.9 Å². The highest BCUT2D eigenvalue weighted by molar-refractivity contribution is 9.10. The number of hydrogen-bond donors (Lipinski definition) is 0. The third kappa shape index (κ3) is 2.02. The summed E-state index contributed by atoms with van der Waals surface area (Å²) in [7, 11) is 1.61. The molecule has 0 saturated carbocycles. The summed E-state index contributed by atoms with van der Waals surface area (Å²) in [5, 5.41) is 7.72. The lowest BCUT2D eigenvalue weighted by Gasteiger charge is -2.04. The van der Waals surface area contributed by atoms with Crippen LogP contribution in [0.3, 0.4) is 0 Å². The van der Waals surface area contributed by atoms with Crippen LogP contribution in [0.15, 0.2) is 27.1 Å². The molecule has 0 saturated heterocycles. The highest BCUT2D eigenvalue weighted by atomic mass is 79.9. The van der Waals surface area contributed by atoms with Crippen molar-refractivity contribution in [3.8, 4) is 17.2 Å². The van der Waals surface area contributed by atoms with Gasteiger partial charge in [-0.05, 0) is 18.2 Å². The van der Waals surface area contributed by atoms with Gasteiger partial charge in [-0.2, -0.15) is 0 Å². The Labute approximate surface area is 95.4 Å². The molecule has 0 aliphatic carbocycles. The highest BCUT2D eigenvalue weighted by Gasteiger charge is 2.11. The van der Waals surface area contributed by atoms with Gasteiger partial charge in [-0.1, -0.05) is 15.9 Å². The predicted molar refractivity (Wildman–Crippen MR) is 58.7 cm³/mol. The smallest absolute Gasteiger partial charge is 0.251 e. The summed E-state index contributed by atoms with van der Waals surface area (Å²) in [4.78, 5) is 0. The summed E-state index contributed by atoms with van der Waals surface area (Å²) in [5.74, 6) is 1.71. The van der Waals surface area contributed by atoms with Gasteiger partial charge in [0.1, 0.15) is 5.75 Å². The number of hydrogen-bond acceptors (Lipinski definition) is 4. The fourth-order valence-corrected chi connectivity index (χ4v) is 1.59. The molecular formula is C10H9BrN2O2. The zero-order valence-electron chi connectivity index (χ0n) is 8.32. The van der Waals surface area contributed by atoms with Gasteiger partial charge in [-0.15, -0.1) is 10.2 Å². The van der Waals surface area contributed by atoms with E-state index in [4.69, 9.17) is 9.15 Å². The maximum absolute atomic E-state index is 5.33. The molecular weight excluding hydrogens is 260 g/mol. The van der Waals surface area contributed by atoms with E-state index in [9.17, 15) is 0 Å². The minimum atomic E-state index is 0.469. The largest absolute Gasteiger partial charge is 0.496 e. The van der Waals surface area contributed by atoms with Gasteiger partial charge in [-0.3, -0.25) is 0 Å². The first-order chi connectivity index (χ1) is 7.20. The van der Waals surface area contributed by atoms with Gasteiger partial charge in [0.25, 0.3) is 5.89 Å². The molecule has 0 aliphatic rings. The lowest BCUT2D eigenvalue weighted by atomic mass is 10.2. The van der Waals surface area contributed by atoms with Gasteiger partial charge in [-0.25, -0.2) is 0 Å². The molecule has 0 bridgehead atoms. The summed E-state index contributed by atoms with van der Waals surface area (Å²) in [5.41, 5.74) is 0.793. The lowest BCUT2D eigenvalue weighted by Crippen LogP contribution is -1.88. The molecule has 0 N–H and O–H groups in total. The van der Waals surface area contributed by atoms with E-state index < -0.39 is 0 Å². The topological polar surface area (TPSA) is 48.2 Å². The Morgan fingerprint density at radius 3 is 2.73 bits per heavy atom. The van der Waals surface area contributed by atoms with Crippen molar-refractivity contribution in [3.63, 3.8) is 0 Å². The summed E-state index contributed by atoms with van der Waals surface area (Å²) in [6, 6.07) is 5.63. The molecule has 78 valence electrons. The molecule has 4 nitrogen and oxygen atoms in total. The van der Waals surface area contributed by atoms with Crippen LogP contribution in [0.1, 0.15) is 5.89 Å². The number of aryl methyl sites for hydroxylation is 1. The van der Waals surface area contributed by atoms with Crippen LogP contribution in [0.4, 0.5) is 0 Å². The number of rotatable bonds is 2. The highest BCUT2D eigenvalue weighted by Crippen LogP contribution is 2.31. The van der Waals surface area contributed by atoms with Gasteiger partial charge in [0.15, 0.2) is 0 Å². The predicted octanol–water partition coefficient (Wildman–Crippen LogP) is 2.82. The van der Waals surface area contributed by atoms with Crippen LogP contribution in [0, 0.1) is 6.92 Å². The minimum absolute atomic E-state index is 0.469. The van der Waals surface area contributed by atoms with Crippen molar-refractivity contribution in [2.45, 2.75) is 6.92 Å². The molecule has 2 rings (SSSR count). The Morgan fingerprint density at radius 1 is 1.33 bits per heavy atom. The van der Waals surface area contributed by atoms with E-state index in [2.05, 4.69) is 26.1 Å². The van der Waals surface area contributed by atoms with E-state index in [1.165, 1.54) is 0 Å². The Bertz CT molecular complexity index is 482. The first-order valence-electron chi connectivity index (χ1n) is 4.34. The molecule has 5 heteroatoms. The number of ether oxygens (including phenoxy) is 1. The summed E-state index contributed by atoms with van der Waals surface area (Å²) < 4.78 is 11.5. The second-order valence-corrected chi connectivity index (χ2v) is 3.89. The molecule has 2 aromatic rings. The van der Waals surface area contributed by atoms with Gasteiger partial charge in [0.2, 0.25) is 5.89 Å². The van der Waals surface area contributed by atoms with Crippen LogP contribution in [0.25, 0.3) is 11.5 Å². The fraction of sp³-hybridized carbons (Fsp3) is 0.200. The monoisotopic (exact) mass is 268 g/mol. The Kier molecular flexibility index (Phi) is 2.73. The molecule has 0 aliphatic heterocycles. The Morgan fingerprint density at radius 2 is 2.13 bits per heavy atom. The van der Waals surface area contributed by atoms with Crippen molar-refractivity contribution in [3.05, 3.63) is 28.6 Å². The SMILES string of the molecule is COc1cc(Br)ccc1-c1nnc(C)o1. The molecule has 0 atom stereocenters. The molecule has 1 aromatic carbocycles. The summed E-state index contributed by atoms with van der Waals surface area (Å²) in [6.45, 7) is 1.75. The Hall–Kier alpha value is -1.36. The minimum Gasteiger partial charge on any atom is -0.496 e. The quantitative estimate of drug-likeness (QED) is 0.841.